The molecule has 0 aliphatic carbocycles. The highest BCUT2D eigenvalue weighted by Gasteiger charge is 2.38. The van der Waals surface area contributed by atoms with Gasteiger partial charge in [-0.1, -0.05) is 20.3 Å². The Hall–Kier alpha value is -2.25. The minimum Gasteiger partial charge on any atom is -0.486 e. The van der Waals surface area contributed by atoms with Gasteiger partial charge in [0.1, 0.15) is 18.1 Å². The Kier molecular flexibility index (Phi) is 6.73. The van der Waals surface area contributed by atoms with Crippen molar-refractivity contribution in [3.05, 3.63) is 35.7 Å². The van der Waals surface area contributed by atoms with Gasteiger partial charge in [0.25, 0.3) is 18.3 Å². The van der Waals surface area contributed by atoms with Gasteiger partial charge in [0.05, 0.1) is 12.2 Å². The summed E-state index contributed by atoms with van der Waals surface area (Å²) < 4.78 is 59.6. The predicted octanol–water partition coefficient (Wildman–Crippen LogP) is 4.84. The number of aryl methyl sites for hydroxylation is 1. The highest BCUT2D eigenvalue weighted by atomic mass is 19.3. The molecule has 2 rings (SSSR count). The lowest BCUT2D eigenvalue weighted by Gasteiger charge is -2.26. The smallest absolute Gasteiger partial charge is 0.272 e. The third-order valence-corrected chi connectivity index (χ3v) is 4.33. The van der Waals surface area contributed by atoms with Crippen molar-refractivity contribution in [2.45, 2.75) is 58.4 Å². The summed E-state index contributed by atoms with van der Waals surface area (Å²) in [5, 5.41) is 2.43. The first-order chi connectivity index (χ1) is 12.7. The van der Waals surface area contributed by atoms with E-state index in [9.17, 15) is 22.4 Å². The molecule has 1 amide bonds. The summed E-state index contributed by atoms with van der Waals surface area (Å²) in [6.07, 6.45) is -1.14. The molecule has 0 bridgehead atoms. The maximum atomic E-state index is 14.2. The monoisotopic (exact) mass is 388 g/mol. The summed E-state index contributed by atoms with van der Waals surface area (Å²) in [7, 11) is 0. The number of nitrogens with one attached hydrogen (secondary N) is 1. The van der Waals surface area contributed by atoms with E-state index in [2.05, 4.69) is 5.32 Å². The number of hydrogen-bond acceptors (Lipinski definition) is 2. The highest BCUT2D eigenvalue weighted by molar-refractivity contribution is 5.96. The maximum Gasteiger partial charge on any atom is 0.272 e. The van der Waals surface area contributed by atoms with Crippen molar-refractivity contribution >= 4 is 11.4 Å². The lowest BCUT2D eigenvalue weighted by atomic mass is 10.0. The van der Waals surface area contributed by atoms with E-state index in [4.69, 9.17) is 4.74 Å². The first kappa shape index (κ1) is 21.1. The van der Waals surface area contributed by atoms with Gasteiger partial charge in [0, 0.05) is 11.9 Å². The molecule has 2 aromatic rings. The maximum absolute atomic E-state index is 14.2. The van der Waals surface area contributed by atoms with Crippen molar-refractivity contribution in [2.24, 2.45) is 0 Å². The molecule has 0 spiro atoms. The molecule has 1 atom stereocenters. The quantitative estimate of drug-likeness (QED) is 0.625. The van der Waals surface area contributed by atoms with Gasteiger partial charge in [0.15, 0.2) is 0 Å². The first-order valence-corrected chi connectivity index (χ1v) is 8.91. The Morgan fingerprint density at radius 3 is 2.59 bits per heavy atom. The van der Waals surface area contributed by atoms with Crippen molar-refractivity contribution in [2.75, 3.05) is 6.61 Å². The van der Waals surface area contributed by atoms with Gasteiger partial charge >= 0.3 is 0 Å². The zero-order valence-corrected chi connectivity index (χ0v) is 15.6. The van der Waals surface area contributed by atoms with Crippen LogP contribution in [0.25, 0.3) is 5.52 Å². The third-order valence-electron chi connectivity index (χ3n) is 4.33. The standard InChI is InChI=1S/C19H24F4N2O2/c1-4-8-19(22,23)15(5-2)24-18(26)17-12(3)9-13-6-7-14(10-25(13)17)27-11-16(20)21/h6-7,9-10,15-16H,4-5,8,11H2,1-3H3,(H,24,26). The largest absolute Gasteiger partial charge is 0.486 e. The molecule has 0 saturated carbocycles. The Morgan fingerprint density at radius 1 is 1.30 bits per heavy atom. The number of pyridine rings is 1. The first-order valence-electron chi connectivity index (χ1n) is 8.91. The Bertz CT molecular complexity index is 789. The number of amides is 1. The number of hydrogen-bond donors (Lipinski definition) is 1. The lowest BCUT2D eigenvalue weighted by molar-refractivity contribution is -0.0442. The number of fused-ring (bicyclic) bond motifs is 1. The Balaban J connectivity index is 2.31. The van der Waals surface area contributed by atoms with Gasteiger partial charge in [-0.2, -0.15) is 0 Å². The van der Waals surface area contributed by atoms with Crippen LogP contribution in [0.3, 0.4) is 0 Å². The molecule has 0 radical (unpaired) electrons. The van der Waals surface area contributed by atoms with Crippen LogP contribution in [0, 0.1) is 6.92 Å². The van der Waals surface area contributed by atoms with E-state index >= 15 is 0 Å². The summed E-state index contributed by atoms with van der Waals surface area (Å²) in [5.41, 5.74) is 1.40. The number of carbonyl (C=O) groups is 1. The second-order valence-corrected chi connectivity index (χ2v) is 6.48. The third kappa shape index (κ3) is 4.93. The molecule has 1 N–H and O–H groups in total. The fourth-order valence-corrected chi connectivity index (χ4v) is 3.06. The Labute approximate surface area is 155 Å². The van der Waals surface area contributed by atoms with Crippen LogP contribution in [-0.2, 0) is 0 Å². The zero-order chi connectivity index (χ0) is 20.2. The van der Waals surface area contributed by atoms with Gasteiger partial charge in [-0.05, 0) is 37.1 Å². The second kappa shape index (κ2) is 8.63. The van der Waals surface area contributed by atoms with Crippen LogP contribution in [0.2, 0.25) is 0 Å². The molecule has 2 aromatic heterocycles. The molecule has 0 saturated heterocycles. The molecule has 27 heavy (non-hydrogen) atoms. The summed E-state index contributed by atoms with van der Waals surface area (Å²) in [6.45, 7) is 4.17. The van der Waals surface area contributed by atoms with E-state index in [1.54, 1.807) is 32.9 Å². The molecular weight excluding hydrogens is 364 g/mol. The number of ether oxygens (including phenoxy) is 1. The van der Waals surface area contributed by atoms with Crippen LogP contribution in [-0.4, -0.2) is 35.3 Å². The summed E-state index contributed by atoms with van der Waals surface area (Å²) in [6, 6.07) is 3.57. The molecular formula is C19H24F4N2O2. The minimum atomic E-state index is -3.01. The number of rotatable bonds is 9. The van der Waals surface area contributed by atoms with Crippen LogP contribution >= 0.6 is 0 Å². The van der Waals surface area contributed by atoms with Crippen LogP contribution in [0.4, 0.5) is 17.6 Å². The summed E-state index contributed by atoms with van der Waals surface area (Å²) in [4.78, 5) is 12.7. The van der Waals surface area contributed by atoms with E-state index in [1.807, 2.05) is 0 Å². The number of aromatic nitrogens is 1. The highest BCUT2D eigenvalue weighted by Crippen LogP contribution is 2.27. The molecule has 8 heteroatoms. The summed E-state index contributed by atoms with van der Waals surface area (Å²) >= 11 is 0. The SMILES string of the molecule is CCCC(F)(F)C(CC)NC(=O)c1c(C)cc2ccc(OCC(F)F)cn12. The second-order valence-electron chi connectivity index (χ2n) is 6.48. The molecule has 0 aromatic carbocycles. The van der Waals surface area contributed by atoms with E-state index in [0.717, 1.165) is 0 Å². The molecule has 0 fully saturated rings. The number of nitrogens with zero attached hydrogens (tertiary/aromatic N) is 1. The average molecular weight is 388 g/mol. The van der Waals surface area contributed by atoms with Crippen LogP contribution in [0.1, 0.15) is 49.2 Å². The average Bonchev–Trinajstić information content (AvgIpc) is 2.92. The van der Waals surface area contributed by atoms with Gasteiger partial charge < -0.3 is 14.5 Å². The molecule has 2 heterocycles. The molecule has 4 nitrogen and oxygen atoms in total. The predicted molar refractivity (Wildman–Crippen MR) is 95.0 cm³/mol. The normalized spacial score (nSPS) is 13.2. The molecule has 150 valence electrons. The van der Waals surface area contributed by atoms with E-state index in [-0.39, 0.29) is 24.3 Å². The summed E-state index contributed by atoms with van der Waals surface area (Å²) in [5.74, 6) is -3.48. The number of carbonyl (C=O) groups excluding carboxylic acids is 1. The number of halogens is 4. The van der Waals surface area contributed by atoms with Crippen molar-refractivity contribution in [1.29, 1.82) is 0 Å². The molecule has 0 aliphatic rings. The van der Waals surface area contributed by atoms with Gasteiger partial charge in [-0.25, -0.2) is 17.6 Å². The minimum absolute atomic E-state index is 0.0871. The zero-order valence-electron chi connectivity index (χ0n) is 15.6. The van der Waals surface area contributed by atoms with Gasteiger partial charge in [-0.3, -0.25) is 4.79 Å². The van der Waals surface area contributed by atoms with Crippen molar-refractivity contribution < 1.29 is 27.1 Å². The van der Waals surface area contributed by atoms with Gasteiger partial charge in [-0.15, -0.1) is 0 Å². The molecule has 0 aliphatic heterocycles. The van der Waals surface area contributed by atoms with Crippen LogP contribution in [0.5, 0.6) is 5.75 Å². The van der Waals surface area contributed by atoms with E-state index in [1.165, 1.54) is 16.7 Å². The van der Waals surface area contributed by atoms with Crippen LogP contribution < -0.4 is 10.1 Å². The lowest BCUT2D eigenvalue weighted by Crippen LogP contribution is -2.47. The van der Waals surface area contributed by atoms with Crippen molar-refractivity contribution in [3.63, 3.8) is 0 Å². The fourth-order valence-electron chi connectivity index (χ4n) is 3.06. The van der Waals surface area contributed by atoms with Crippen molar-refractivity contribution in [1.82, 2.24) is 9.72 Å². The topological polar surface area (TPSA) is 42.7 Å². The fraction of sp³-hybridized carbons (Fsp3) is 0.526. The van der Waals surface area contributed by atoms with E-state index < -0.39 is 30.9 Å². The number of alkyl halides is 4. The van der Waals surface area contributed by atoms with Gasteiger partial charge in [0.2, 0.25) is 0 Å². The van der Waals surface area contributed by atoms with Crippen LogP contribution in [0.15, 0.2) is 24.4 Å². The Morgan fingerprint density at radius 2 is 2.00 bits per heavy atom. The van der Waals surface area contributed by atoms with E-state index in [0.29, 0.717) is 17.5 Å². The van der Waals surface area contributed by atoms with Crippen molar-refractivity contribution in [3.8, 4) is 5.75 Å². The molecule has 1 unspecified atom stereocenters.